The number of hydrogen-bond acceptors (Lipinski definition) is 1. The summed E-state index contributed by atoms with van der Waals surface area (Å²) in [6, 6.07) is 96.9. The van der Waals surface area contributed by atoms with Gasteiger partial charge in [-0.1, -0.05) is 212 Å². The lowest BCUT2D eigenvalue weighted by Crippen LogP contribution is -2.11. The van der Waals surface area contributed by atoms with E-state index in [1.807, 2.05) is 0 Å². The van der Waals surface area contributed by atoms with E-state index >= 15 is 0 Å². The van der Waals surface area contributed by atoms with E-state index in [1.165, 1.54) is 77.1 Å². The summed E-state index contributed by atoms with van der Waals surface area (Å²) in [6.07, 6.45) is 0. The second-order valence-corrected chi connectivity index (χ2v) is 16.9. The van der Waals surface area contributed by atoms with E-state index in [1.54, 1.807) is 0 Å². The Bertz CT molecular complexity index is 3680. The van der Waals surface area contributed by atoms with Crippen molar-refractivity contribution in [2.45, 2.75) is 0 Å². The molecule has 0 spiro atoms. The molecule has 0 fully saturated rings. The van der Waals surface area contributed by atoms with Gasteiger partial charge in [-0.25, -0.2) is 0 Å². The first-order chi connectivity index (χ1) is 32.8. The van der Waals surface area contributed by atoms with E-state index in [-0.39, 0.29) is 0 Å². The van der Waals surface area contributed by atoms with Gasteiger partial charge >= 0.3 is 0 Å². The maximum Gasteiger partial charge on any atom is 0.0619 e. The zero-order valence-electron chi connectivity index (χ0n) is 36.3. The zero-order valence-corrected chi connectivity index (χ0v) is 36.3. The molecule has 12 rings (SSSR count). The van der Waals surface area contributed by atoms with Crippen LogP contribution in [0, 0.1) is 0 Å². The lowest BCUT2D eigenvalue weighted by atomic mass is 9.88. The summed E-state index contributed by atoms with van der Waals surface area (Å²) in [5, 5.41) is 4.97. The molecule has 11 aromatic carbocycles. The number of anilines is 3. The standard InChI is InChI=1S/C64H44N2/c1-3-19-47(20-4-1)54-24-9-10-25-56(54)57-26-11-12-27-58(57)59-28-13-15-32-62(59)65(52-40-36-46(37-41-52)50-35-34-45-18-7-8-21-49(45)44-50)53-42-38-48(39-43-53)55-30-17-31-61-60-29-14-16-33-63(60)66(64(55)61)51-22-5-2-6-23-51/h1-44H. The van der Waals surface area contributed by atoms with Crippen molar-refractivity contribution >= 4 is 49.6 Å². The van der Waals surface area contributed by atoms with E-state index in [9.17, 15) is 0 Å². The van der Waals surface area contributed by atoms with Gasteiger partial charge in [0.25, 0.3) is 0 Å². The molecule has 0 atom stereocenters. The molecule has 0 amide bonds. The Kier molecular flexibility index (Phi) is 9.89. The fourth-order valence-electron chi connectivity index (χ4n) is 9.92. The van der Waals surface area contributed by atoms with Crippen molar-refractivity contribution in [3.8, 4) is 61.3 Å². The molecule has 0 aliphatic rings. The topological polar surface area (TPSA) is 8.17 Å². The summed E-state index contributed by atoms with van der Waals surface area (Å²) >= 11 is 0. The van der Waals surface area contributed by atoms with Crippen LogP contribution < -0.4 is 4.90 Å². The van der Waals surface area contributed by atoms with Crippen LogP contribution in [-0.2, 0) is 0 Å². The molecule has 0 radical (unpaired) electrons. The maximum atomic E-state index is 2.42. The van der Waals surface area contributed by atoms with Crippen molar-refractivity contribution in [3.05, 3.63) is 267 Å². The molecule has 0 aliphatic carbocycles. The fraction of sp³-hybridized carbons (Fsp3) is 0. The Morgan fingerprint density at radius 1 is 0.273 bits per heavy atom. The second kappa shape index (κ2) is 16.8. The van der Waals surface area contributed by atoms with Crippen molar-refractivity contribution in [1.29, 1.82) is 0 Å². The Hall–Kier alpha value is -8.72. The average molecular weight is 841 g/mol. The van der Waals surface area contributed by atoms with E-state index in [0.29, 0.717) is 0 Å². The number of nitrogens with zero attached hydrogens (tertiary/aromatic N) is 2. The molecular formula is C64H44N2. The normalized spacial score (nSPS) is 11.3. The van der Waals surface area contributed by atoms with E-state index in [2.05, 4.69) is 276 Å². The first kappa shape index (κ1) is 38.9. The summed E-state index contributed by atoms with van der Waals surface area (Å²) in [5.41, 5.74) is 18.6. The van der Waals surface area contributed by atoms with Crippen LogP contribution in [0.1, 0.15) is 0 Å². The highest BCUT2D eigenvalue weighted by atomic mass is 15.1. The summed E-state index contributed by atoms with van der Waals surface area (Å²) in [5.74, 6) is 0. The largest absolute Gasteiger partial charge is 0.310 e. The summed E-state index contributed by atoms with van der Waals surface area (Å²) < 4.78 is 2.42. The van der Waals surface area contributed by atoms with E-state index in [4.69, 9.17) is 0 Å². The molecule has 2 heteroatoms. The zero-order chi connectivity index (χ0) is 43.8. The summed E-state index contributed by atoms with van der Waals surface area (Å²) in [4.78, 5) is 2.42. The van der Waals surface area contributed by atoms with Crippen molar-refractivity contribution in [2.75, 3.05) is 4.90 Å². The molecule has 12 aromatic rings. The smallest absolute Gasteiger partial charge is 0.0619 e. The number of para-hydroxylation sites is 4. The quantitative estimate of drug-likeness (QED) is 0.141. The second-order valence-electron chi connectivity index (χ2n) is 16.9. The number of hydrogen-bond donors (Lipinski definition) is 0. The summed E-state index contributed by atoms with van der Waals surface area (Å²) in [6.45, 7) is 0. The van der Waals surface area contributed by atoms with Gasteiger partial charge in [0.05, 0.1) is 16.7 Å². The minimum atomic E-state index is 1.07. The molecule has 0 saturated carbocycles. The molecule has 1 aromatic heterocycles. The van der Waals surface area contributed by atoms with Gasteiger partial charge < -0.3 is 9.47 Å². The van der Waals surface area contributed by atoms with Gasteiger partial charge in [-0.3, -0.25) is 0 Å². The van der Waals surface area contributed by atoms with Crippen LogP contribution in [0.3, 0.4) is 0 Å². The highest BCUT2D eigenvalue weighted by Crippen LogP contribution is 2.46. The lowest BCUT2D eigenvalue weighted by Gasteiger charge is -2.29. The van der Waals surface area contributed by atoms with Crippen LogP contribution >= 0.6 is 0 Å². The summed E-state index contributed by atoms with van der Waals surface area (Å²) in [7, 11) is 0. The fourth-order valence-corrected chi connectivity index (χ4v) is 9.92. The molecule has 0 unspecified atom stereocenters. The number of rotatable bonds is 9. The van der Waals surface area contributed by atoms with E-state index in [0.717, 1.165) is 33.9 Å². The molecular weight excluding hydrogens is 797 g/mol. The number of benzene rings is 11. The lowest BCUT2D eigenvalue weighted by molar-refractivity contribution is 1.18. The van der Waals surface area contributed by atoms with Gasteiger partial charge in [0.2, 0.25) is 0 Å². The molecule has 2 nitrogen and oxygen atoms in total. The van der Waals surface area contributed by atoms with Gasteiger partial charge in [0.15, 0.2) is 0 Å². The first-order valence-electron chi connectivity index (χ1n) is 22.7. The average Bonchev–Trinajstić information content (AvgIpc) is 3.74. The predicted octanol–water partition coefficient (Wildman–Crippen LogP) is 17.7. The van der Waals surface area contributed by atoms with Crippen molar-refractivity contribution in [2.24, 2.45) is 0 Å². The van der Waals surface area contributed by atoms with Crippen LogP contribution in [0.4, 0.5) is 17.1 Å². The highest BCUT2D eigenvalue weighted by Gasteiger charge is 2.22. The van der Waals surface area contributed by atoms with Gasteiger partial charge in [0, 0.05) is 39.0 Å². The van der Waals surface area contributed by atoms with Gasteiger partial charge in [-0.15, -0.1) is 0 Å². The Balaban J connectivity index is 1.02. The molecule has 310 valence electrons. The van der Waals surface area contributed by atoms with Crippen LogP contribution in [0.2, 0.25) is 0 Å². The molecule has 0 bridgehead atoms. The molecule has 0 aliphatic heterocycles. The van der Waals surface area contributed by atoms with Crippen molar-refractivity contribution in [3.63, 3.8) is 0 Å². The van der Waals surface area contributed by atoms with Crippen LogP contribution in [0.25, 0.3) is 93.9 Å². The third-order valence-corrected chi connectivity index (χ3v) is 13.0. The highest BCUT2D eigenvalue weighted by molar-refractivity contribution is 6.14. The molecule has 0 N–H and O–H groups in total. The van der Waals surface area contributed by atoms with Gasteiger partial charge in [-0.05, 0) is 110 Å². The molecule has 0 saturated heterocycles. The Morgan fingerprint density at radius 3 is 1.48 bits per heavy atom. The SMILES string of the molecule is c1ccc(-c2ccccc2-c2ccccc2-c2ccccc2N(c2ccc(-c3ccc4ccccc4c3)cc2)c2ccc(-c3cccc4c5ccccc5n(-c5ccccc5)c34)cc2)cc1. The van der Waals surface area contributed by atoms with Gasteiger partial charge in [0.1, 0.15) is 0 Å². The molecule has 1 heterocycles. The maximum absolute atomic E-state index is 2.42. The monoisotopic (exact) mass is 840 g/mol. The Morgan fingerprint density at radius 2 is 0.758 bits per heavy atom. The van der Waals surface area contributed by atoms with E-state index < -0.39 is 0 Å². The Labute approximate surface area is 385 Å². The third-order valence-electron chi connectivity index (χ3n) is 13.0. The van der Waals surface area contributed by atoms with Crippen molar-refractivity contribution < 1.29 is 0 Å². The predicted molar refractivity (Wildman–Crippen MR) is 280 cm³/mol. The number of aromatic nitrogens is 1. The molecule has 66 heavy (non-hydrogen) atoms. The van der Waals surface area contributed by atoms with Crippen LogP contribution in [0.15, 0.2) is 267 Å². The van der Waals surface area contributed by atoms with Gasteiger partial charge in [-0.2, -0.15) is 0 Å². The first-order valence-corrected chi connectivity index (χ1v) is 22.7. The van der Waals surface area contributed by atoms with Crippen LogP contribution in [-0.4, -0.2) is 4.57 Å². The minimum Gasteiger partial charge on any atom is -0.310 e. The van der Waals surface area contributed by atoms with Crippen LogP contribution in [0.5, 0.6) is 0 Å². The van der Waals surface area contributed by atoms with Crippen molar-refractivity contribution in [1.82, 2.24) is 4.57 Å². The third kappa shape index (κ3) is 6.93. The number of fused-ring (bicyclic) bond motifs is 4. The minimum absolute atomic E-state index is 1.07.